The Kier molecular flexibility index (Phi) is 3.57. The first kappa shape index (κ1) is 12.1. The number of carboxylic acid groups (broad SMARTS) is 1. The van der Waals surface area contributed by atoms with Crippen LogP contribution in [0.4, 0.5) is 10.1 Å². The van der Waals surface area contributed by atoms with E-state index in [1.807, 2.05) is 0 Å². The van der Waals surface area contributed by atoms with E-state index in [2.05, 4.69) is 0 Å². The lowest BCUT2D eigenvalue weighted by molar-refractivity contribution is -0.387. The summed E-state index contributed by atoms with van der Waals surface area (Å²) in [5, 5.41) is 18.6. The van der Waals surface area contributed by atoms with Gasteiger partial charge in [0.15, 0.2) is 0 Å². The van der Waals surface area contributed by atoms with Crippen LogP contribution in [0, 0.1) is 15.9 Å². The van der Waals surface area contributed by atoms with E-state index in [0.717, 1.165) is 18.2 Å². The van der Waals surface area contributed by atoms with Gasteiger partial charge in [-0.25, -0.2) is 4.79 Å². The zero-order valence-corrected chi connectivity index (χ0v) is 8.44. The van der Waals surface area contributed by atoms with Crippen molar-refractivity contribution in [1.29, 1.82) is 0 Å². The first-order valence-electron chi connectivity index (χ1n) is 3.96. The van der Waals surface area contributed by atoms with Gasteiger partial charge in [-0.15, -0.1) is 0 Å². The molecule has 0 aliphatic carbocycles. The van der Waals surface area contributed by atoms with Gasteiger partial charge in [-0.05, 0) is 6.07 Å². The molecule has 0 aliphatic heterocycles. The number of benzene rings is 1. The first-order chi connectivity index (χ1) is 7.41. The van der Waals surface area contributed by atoms with E-state index in [1.165, 1.54) is 0 Å². The highest BCUT2D eigenvalue weighted by Gasteiger charge is 2.15. The van der Waals surface area contributed by atoms with Gasteiger partial charge in [-0.1, -0.05) is 17.7 Å². The monoisotopic (exact) mass is 245 g/mol. The molecule has 0 saturated heterocycles. The Morgan fingerprint density at radius 3 is 2.69 bits per heavy atom. The number of hydrogen-bond donors (Lipinski definition) is 1. The van der Waals surface area contributed by atoms with Gasteiger partial charge in [0.1, 0.15) is 0 Å². The molecule has 0 heterocycles. The first-order valence-corrected chi connectivity index (χ1v) is 4.34. The van der Waals surface area contributed by atoms with E-state index in [-0.39, 0.29) is 10.6 Å². The fourth-order valence-electron chi connectivity index (χ4n) is 0.993. The minimum Gasteiger partial charge on any atom is -0.478 e. The summed E-state index contributed by atoms with van der Waals surface area (Å²) in [5.41, 5.74) is -0.688. The van der Waals surface area contributed by atoms with Gasteiger partial charge in [-0.3, -0.25) is 10.1 Å². The molecule has 0 aliphatic rings. The van der Waals surface area contributed by atoms with Crippen molar-refractivity contribution in [3.8, 4) is 0 Å². The summed E-state index contributed by atoms with van der Waals surface area (Å²) in [7, 11) is 0. The van der Waals surface area contributed by atoms with Crippen LogP contribution in [-0.4, -0.2) is 16.0 Å². The second kappa shape index (κ2) is 4.71. The fraction of sp³-hybridized carbons (Fsp3) is 0. The number of carboxylic acids is 1. The van der Waals surface area contributed by atoms with Crippen LogP contribution in [0.5, 0.6) is 0 Å². The number of nitro groups is 1. The smallest absolute Gasteiger partial charge is 0.329 e. The minimum atomic E-state index is -1.29. The van der Waals surface area contributed by atoms with E-state index >= 15 is 0 Å². The maximum absolute atomic E-state index is 12.9. The Bertz CT molecular complexity index is 486. The molecule has 0 aromatic heterocycles. The lowest BCUT2D eigenvalue weighted by Gasteiger charge is -1.99. The van der Waals surface area contributed by atoms with E-state index in [1.54, 1.807) is 0 Å². The van der Waals surface area contributed by atoms with Crippen LogP contribution >= 0.6 is 11.6 Å². The molecule has 0 unspecified atom stereocenters. The fourth-order valence-corrected chi connectivity index (χ4v) is 1.20. The van der Waals surface area contributed by atoms with Crippen LogP contribution in [0.1, 0.15) is 5.56 Å². The van der Waals surface area contributed by atoms with Crippen molar-refractivity contribution in [2.24, 2.45) is 0 Å². The summed E-state index contributed by atoms with van der Waals surface area (Å²) >= 11 is 5.57. The van der Waals surface area contributed by atoms with Gasteiger partial charge in [-0.2, -0.15) is 4.39 Å². The van der Waals surface area contributed by atoms with Gasteiger partial charge >= 0.3 is 11.7 Å². The molecule has 7 heteroatoms. The lowest BCUT2D eigenvalue weighted by Crippen LogP contribution is -1.94. The summed E-state index contributed by atoms with van der Waals surface area (Å²) in [6.07, 6.45) is 0.665. The molecule has 1 rings (SSSR count). The quantitative estimate of drug-likeness (QED) is 0.504. The molecule has 0 bridgehead atoms. The van der Waals surface area contributed by atoms with Crippen molar-refractivity contribution in [3.05, 3.63) is 45.8 Å². The molecule has 0 spiro atoms. The highest BCUT2D eigenvalue weighted by molar-refractivity contribution is 6.50. The van der Waals surface area contributed by atoms with Crippen molar-refractivity contribution in [1.82, 2.24) is 0 Å². The van der Waals surface area contributed by atoms with Gasteiger partial charge < -0.3 is 5.11 Å². The van der Waals surface area contributed by atoms with E-state index < -0.39 is 22.4 Å². The highest BCUT2D eigenvalue weighted by atomic mass is 35.5. The summed E-state index contributed by atoms with van der Waals surface area (Å²) in [6.45, 7) is 0. The number of aliphatic carboxylic acids is 1. The van der Waals surface area contributed by atoms with Crippen molar-refractivity contribution in [2.45, 2.75) is 0 Å². The SMILES string of the molecule is O=C(O)/C=C(/Cl)c1ccc(F)c([N+](=O)[O-])c1. The number of hydrogen-bond acceptors (Lipinski definition) is 3. The molecule has 5 nitrogen and oxygen atoms in total. The number of nitro benzene ring substituents is 1. The van der Waals surface area contributed by atoms with Crippen molar-refractivity contribution < 1.29 is 19.2 Å². The second-order valence-corrected chi connectivity index (χ2v) is 3.16. The van der Waals surface area contributed by atoms with Gasteiger partial charge in [0.2, 0.25) is 5.82 Å². The Labute approximate surface area is 93.9 Å². The maximum Gasteiger partial charge on any atom is 0.329 e. The lowest BCUT2D eigenvalue weighted by atomic mass is 10.2. The molecule has 0 fully saturated rings. The maximum atomic E-state index is 12.9. The van der Waals surface area contributed by atoms with Gasteiger partial charge in [0.05, 0.1) is 9.96 Å². The molecule has 1 aromatic carbocycles. The third kappa shape index (κ3) is 2.77. The van der Waals surface area contributed by atoms with Gasteiger partial charge in [0, 0.05) is 17.7 Å². The zero-order chi connectivity index (χ0) is 12.3. The molecular weight excluding hydrogens is 241 g/mol. The predicted octanol–water partition coefficient (Wildman–Crippen LogP) is 2.40. The topological polar surface area (TPSA) is 80.4 Å². The molecule has 84 valence electrons. The van der Waals surface area contributed by atoms with E-state index in [9.17, 15) is 19.3 Å². The summed E-state index contributed by atoms with van der Waals surface area (Å²) < 4.78 is 12.9. The molecule has 0 saturated carbocycles. The molecule has 0 atom stereocenters. The second-order valence-electron chi connectivity index (χ2n) is 2.75. The summed E-state index contributed by atoms with van der Waals surface area (Å²) in [5.74, 6) is -2.30. The van der Waals surface area contributed by atoms with Crippen LogP contribution in [0.2, 0.25) is 0 Å². The molecule has 1 N–H and O–H groups in total. The molecule has 1 aromatic rings. The Balaban J connectivity index is 3.23. The molecule has 0 radical (unpaired) electrons. The minimum absolute atomic E-state index is 0.0668. The predicted molar refractivity (Wildman–Crippen MR) is 54.5 cm³/mol. The average molecular weight is 246 g/mol. The number of carbonyl (C=O) groups is 1. The standard InChI is InChI=1S/C9H5ClFNO4/c10-6(4-9(13)14)5-1-2-7(11)8(3-5)12(15)16/h1-4H,(H,13,14)/b6-4+. The molecular formula is C9H5ClFNO4. The van der Waals surface area contributed by atoms with Crippen LogP contribution in [0.3, 0.4) is 0 Å². The van der Waals surface area contributed by atoms with Gasteiger partial charge in [0.25, 0.3) is 0 Å². The average Bonchev–Trinajstić information content (AvgIpc) is 2.16. The Hall–Kier alpha value is -1.95. The largest absolute Gasteiger partial charge is 0.478 e. The van der Waals surface area contributed by atoms with Crippen molar-refractivity contribution >= 4 is 28.3 Å². The number of nitrogens with zero attached hydrogens (tertiary/aromatic N) is 1. The molecule has 0 amide bonds. The zero-order valence-electron chi connectivity index (χ0n) is 7.68. The number of rotatable bonds is 3. The Morgan fingerprint density at radius 1 is 1.56 bits per heavy atom. The van der Waals surface area contributed by atoms with Crippen LogP contribution < -0.4 is 0 Å². The highest BCUT2D eigenvalue weighted by Crippen LogP contribution is 2.25. The third-order valence-corrected chi connectivity index (χ3v) is 2.00. The van der Waals surface area contributed by atoms with E-state index in [4.69, 9.17) is 16.7 Å². The van der Waals surface area contributed by atoms with Crippen LogP contribution in [0.25, 0.3) is 5.03 Å². The van der Waals surface area contributed by atoms with Crippen LogP contribution in [-0.2, 0) is 4.79 Å². The van der Waals surface area contributed by atoms with Crippen LogP contribution in [0.15, 0.2) is 24.3 Å². The normalized spacial score (nSPS) is 11.2. The number of halogens is 2. The summed E-state index contributed by atoms with van der Waals surface area (Å²) in [6, 6.07) is 2.88. The van der Waals surface area contributed by atoms with Crippen molar-refractivity contribution in [3.63, 3.8) is 0 Å². The van der Waals surface area contributed by atoms with E-state index in [0.29, 0.717) is 6.08 Å². The van der Waals surface area contributed by atoms with Crippen molar-refractivity contribution in [2.75, 3.05) is 0 Å². The Morgan fingerprint density at radius 2 is 2.19 bits per heavy atom. The molecule has 16 heavy (non-hydrogen) atoms. The summed E-state index contributed by atoms with van der Waals surface area (Å²) in [4.78, 5) is 19.8. The third-order valence-electron chi connectivity index (χ3n) is 1.67.